The summed E-state index contributed by atoms with van der Waals surface area (Å²) in [6.07, 6.45) is 0.443. The molecule has 0 nitrogen and oxygen atoms in total. The van der Waals surface area contributed by atoms with Gasteiger partial charge in [0.25, 0.3) is 0 Å². The smallest absolute Gasteiger partial charge is 0.127 e. The molecule has 5 heteroatoms. The SMILES string of the molecule is ClCCC(Cl)(Cl)C(Cl)CCl. The van der Waals surface area contributed by atoms with Crippen molar-refractivity contribution in [1.29, 1.82) is 0 Å². The summed E-state index contributed by atoms with van der Waals surface area (Å²) in [5, 5.41) is -0.448. The van der Waals surface area contributed by atoms with Crippen molar-refractivity contribution >= 4 is 58.0 Å². The number of halogens is 5. The van der Waals surface area contributed by atoms with Crippen LogP contribution in [0.3, 0.4) is 0 Å². The van der Waals surface area contributed by atoms with Crippen molar-refractivity contribution in [2.75, 3.05) is 11.8 Å². The third-order valence-corrected chi connectivity index (χ3v) is 3.33. The molecule has 1 atom stereocenters. The minimum Gasteiger partial charge on any atom is -0.127 e. The van der Waals surface area contributed by atoms with Gasteiger partial charge in [0, 0.05) is 11.8 Å². The summed E-state index contributed by atoms with van der Waals surface area (Å²) >= 11 is 28.0. The van der Waals surface area contributed by atoms with Gasteiger partial charge in [-0.1, -0.05) is 23.2 Å². The third kappa shape index (κ3) is 3.73. The first-order valence-electron chi connectivity index (χ1n) is 2.68. The number of hydrogen-bond donors (Lipinski definition) is 0. The van der Waals surface area contributed by atoms with E-state index in [-0.39, 0.29) is 5.88 Å². The van der Waals surface area contributed by atoms with Gasteiger partial charge < -0.3 is 0 Å². The summed E-state index contributed by atoms with van der Waals surface area (Å²) < 4.78 is -0.995. The molecule has 0 aliphatic rings. The fraction of sp³-hybridized carbons (Fsp3) is 1.00. The Balaban J connectivity index is 3.82. The zero-order valence-electron chi connectivity index (χ0n) is 5.09. The van der Waals surface area contributed by atoms with Gasteiger partial charge in [0.1, 0.15) is 4.33 Å². The molecule has 10 heavy (non-hydrogen) atoms. The molecule has 0 bridgehead atoms. The van der Waals surface area contributed by atoms with Crippen LogP contribution >= 0.6 is 58.0 Å². The van der Waals surface area contributed by atoms with Crippen LogP contribution in [0, 0.1) is 0 Å². The Morgan fingerprint density at radius 1 is 1.20 bits per heavy atom. The van der Waals surface area contributed by atoms with Crippen molar-refractivity contribution in [2.45, 2.75) is 16.1 Å². The lowest BCUT2D eigenvalue weighted by Crippen LogP contribution is -2.28. The van der Waals surface area contributed by atoms with Crippen LogP contribution in [0.5, 0.6) is 0 Å². The Morgan fingerprint density at radius 2 is 1.70 bits per heavy atom. The largest absolute Gasteiger partial charge is 0.136 e. The first kappa shape index (κ1) is 11.4. The molecule has 0 fully saturated rings. The molecule has 0 amide bonds. The molecule has 0 radical (unpaired) electrons. The van der Waals surface area contributed by atoms with Crippen molar-refractivity contribution in [1.82, 2.24) is 0 Å². The highest BCUT2D eigenvalue weighted by molar-refractivity contribution is 6.53. The predicted molar refractivity (Wildman–Crippen MR) is 50.1 cm³/mol. The van der Waals surface area contributed by atoms with Crippen LogP contribution in [0.4, 0.5) is 0 Å². The number of alkyl halides is 5. The molecule has 0 aromatic carbocycles. The van der Waals surface area contributed by atoms with Gasteiger partial charge >= 0.3 is 0 Å². The molecule has 1 unspecified atom stereocenters. The summed E-state index contributed by atoms with van der Waals surface area (Å²) in [7, 11) is 0. The van der Waals surface area contributed by atoms with E-state index >= 15 is 0 Å². The molecular weight excluding hydrogens is 237 g/mol. The summed E-state index contributed by atoms with van der Waals surface area (Å²) in [4.78, 5) is 0. The quantitative estimate of drug-likeness (QED) is 0.662. The van der Waals surface area contributed by atoms with Crippen LogP contribution in [0.25, 0.3) is 0 Å². The molecule has 0 heterocycles. The van der Waals surface area contributed by atoms with Gasteiger partial charge in [0.05, 0.1) is 5.38 Å². The van der Waals surface area contributed by atoms with E-state index in [0.29, 0.717) is 12.3 Å². The van der Waals surface area contributed by atoms with Crippen molar-refractivity contribution in [3.8, 4) is 0 Å². The normalized spacial score (nSPS) is 15.3. The van der Waals surface area contributed by atoms with Crippen molar-refractivity contribution < 1.29 is 0 Å². The summed E-state index contributed by atoms with van der Waals surface area (Å²) in [5.74, 6) is 0.610. The van der Waals surface area contributed by atoms with Crippen LogP contribution in [-0.2, 0) is 0 Å². The van der Waals surface area contributed by atoms with E-state index < -0.39 is 9.71 Å². The van der Waals surface area contributed by atoms with Gasteiger partial charge in [-0.15, -0.1) is 34.8 Å². The van der Waals surface area contributed by atoms with Crippen molar-refractivity contribution in [3.63, 3.8) is 0 Å². The topological polar surface area (TPSA) is 0 Å². The Morgan fingerprint density at radius 3 is 2.00 bits per heavy atom. The van der Waals surface area contributed by atoms with E-state index in [9.17, 15) is 0 Å². The van der Waals surface area contributed by atoms with Crippen LogP contribution < -0.4 is 0 Å². The third-order valence-electron chi connectivity index (χ3n) is 1.02. The number of rotatable bonds is 4. The molecule has 0 aliphatic carbocycles. The lowest BCUT2D eigenvalue weighted by atomic mass is 10.2. The first-order chi connectivity index (χ1) is 4.54. The van der Waals surface area contributed by atoms with Crippen molar-refractivity contribution in [2.24, 2.45) is 0 Å². The monoisotopic (exact) mass is 242 g/mol. The molecule has 0 aliphatic heterocycles. The average Bonchev–Trinajstić information content (AvgIpc) is 1.86. The maximum absolute atomic E-state index is 5.75. The highest BCUT2D eigenvalue weighted by atomic mass is 35.5. The van der Waals surface area contributed by atoms with E-state index in [0.717, 1.165) is 0 Å². The molecule has 62 valence electrons. The average molecular weight is 244 g/mol. The molecular formula is C5H7Cl5. The van der Waals surface area contributed by atoms with Crippen LogP contribution in [0.15, 0.2) is 0 Å². The number of hydrogen-bond acceptors (Lipinski definition) is 0. The van der Waals surface area contributed by atoms with E-state index in [2.05, 4.69) is 0 Å². The second-order valence-electron chi connectivity index (χ2n) is 1.82. The second-order valence-corrected chi connectivity index (χ2v) is 4.58. The van der Waals surface area contributed by atoms with Crippen molar-refractivity contribution in [3.05, 3.63) is 0 Å². The second kappa shape index (κ2) is 5.16. The highest BCUT2D eigenvalue weighted by Gasteiger charge is 2.31. The lowest BCUT2D eigenvalue weighted by Gasteiger charge is -2.21. The Hall–Kier alpha value is 1.45. The molecule has 0 saturated heterocycles. The van der Waals surface area contributed by atoms with Gasteiger partial charge in [0.15, 0.2) is 0 Å². The van der Waals surface area contributed by atoms with Gasteiger partial charge in [-0.05, 0) is 6.42 Å². The van der Waals surface area contributed by atoms with E-state index in [1.165, 1.54) is 0 Å². The summed E-state index contributed by atoms with van der Waals surface area (Å²) in [5.41, 5.74) is 0. The van der Waals surface area contributed by atoms with Gasteiger partial charge in [-0.3, -0.25) is 0 Å². The fourth-order valence-electron chi connectivity index (χ4n) is 0.395. The van der Waals surface area contributed by atoms with Gasteiger partial charge in [0.2, 0.25) is 0 Å². The molecule has 0 aromatic heterocycles. The zero-order valence-corrected chi connectivity index (χ0v) is 8.87. The Labute approximate surface area is 85.7 Å². The molecule has 0 rings (SSSR count). The maximum atomic E-state index is 5.75. The van der Waals surface area contributed by atoms with Crippen LogP contribution in [0.2, 0.25) is 0 Å². The standard InChI is InChI=1S/C5H7Cl5/c6-2-1-5(9,10)4(8)3-7/h4H,1-3H2. The summed E-state index contributed by atoms with van der Waals surface area (Å²) in [6, 6.07) is 0. The Bertz CT molecular complexity index is 92.0. The minimum atomic E-state index is -0.995. The first-order valence-corrected chi connectivity index (χ1v) is 4.94. The fourth-order valence-corrected chi connectivity index (χ4v) is 1.76. The van der Waals surface area contributed by atoms with Gasteiger partial charge in [-0.25, -0.2) is 0 Å². The predicted octanol–water partition coefficient (Wildman–Crippen LogP) is 3.64. The van der Waals surface area contributed by atoms with Crippen LogP contribution in [0.1, 0.15) is 6.42 Å². The van der Waals surface area contributed by atoms with Crippen LogP contribution in [-0.4, -0.2) is 21.5 Å². The van der Waals surface area contributed by atoms with E-state index in [1.807, 2.05) is 0 Å². The molecule has 0 N–H and O–H groups in total. The molecule has 0 spiro atoms. The zero-order chi connectivity index (χ0) is 8.20. The van der Waals surface area contributed by atoms with Gasteiger partial charge in [-0.2, -0.15) is 0 Å². The molecule has 0 saturated carbocycles. The molecule has 0 aromatic rings. The maximum Gasteiger partial charge on any atom is 0.136 e. The van der Waals surface area contributed by atoms with E-state index in [1.54, 1.807) is 0 Å². The highest BCUT2D eigenvalue weighted by Crippen LogP contribution is 2.33. The summed E-state index contributed by atoms with van der Waals surface area (Å²) in [6.45, 7) is 0. The van der Waals surface area contributed by atoms with E-state index in [4.69, 9.17) is 58.0 Å². The Kier molecular flexibility index (Phi) is 5.91. The lowest BCUT2D eigenvalue weighted by molar-refractivity contribution is 0.731. The minimum absolute atomic E-state index is 0.228.